The van der Waals surface area contributed by atoms with E-state index in [-0.39, 0.29) is 13.3 Å². The summed E-state index contributed by atoms with van der Waals surface area (Å²) in [5.74, 6) is 1.06. The van der Waals surface area contributed by atoms with Gasteiger partial charge in [0.15, 0.2) is 0 Å². The fourth-order valence-electron chi connectivity index (χ4n) is 0.841. The Kier molecular flexibility index (Phi) is 15.9. The molecule has 0 heterocycles. The molecule has 0 N–H and O–H groups in total. The van der Waals surface area contributed by atoms with E-state index in [2.05, 4.69) is 6.92 Å². The number of alkyl halides is 3. The molecule has 0 atom stereocenters. The first-order chi connectivity index (χ1) is 7.78. The Morgan fingerprint density at radius 3 is 1.75 bits per heavy atom. The molecule has 0 spiro atoms. The van der Waals surface area contributed by atoms with Crippen molar-refractivity contribution in [3.63, 3.8) is 0 Å². The Morgan fingerprint density at radius 2 is 1.44 bits per heavy atom. The Bertz CT molecular complexity index is 224. The van der Waals surface area contributed by atoms with E-state index in [0.717, 1.165) is 11.3 Å². The van der Waals surface area contributed by atoms with Crippen molar-refractivity contribution < 1.29 is 13.2 Å². The molecule has 94 valence electrons. The van der Waals surface area contributed by atoms with Crippen LogP contribution in [0.1, 0.15) is 19.4 Å². The minimum absolute atomic E-state index is 0.250. The van der Waals surface area contributed by atoms with E-state index in [4.69, 9.17) is 0 Å². The zero-order chi connectivity index (χ0) is 12.8. The van der Waals surface area contributed by atoms with E-state index in [9.17, 15) is 13.2 Å². The van der Waals surface area contributed by atoms with Gasteiger partial charge in [0.25, 0.3) is 0 Å². The molecule has 0 aliphatic carbocycles. The smallest absolute Gasteiger partial charge is 0.115 e. The number of hydrogen-bond acceptors (Lipinski definition) is 1. The molecule has 16 heavy (non-hydrogen) atoms. The van der Waals surface area contributed by atoms with Gasteiger partial charge in [-0.15, -0.1) is 11.8 Å². The van der Waals surface area contributed by atoms with Crippen molar-refractivity contribution in [3.05, 3.63) is 29.8 Å². The van der Waals surface area contributed by atoms with Gasteiger partial charge in [0.1, 0.15) is 6.67 Å². The highest BCUT2D eigenvalue weighted by Crippen LogP contribution is 2.17. The lowest BCUT2D eigenvalue weighted by Crippen LogP contribution is -1.77. The summed E-state index contributed by atoms with van der Waals surface area (Å²) in [4.78, 5) is 1.21. The van der Waals surface area contributed by atoms with Crippen molar-refractivity contribution in [1.29, 1.82) is 0 Å². The average molecular weight is 252 g/mol. The predicted molar refractivity (Wildman–Crippen MR) is 66.3 cm³/mol. The van der Waals surface area contributed by atoms with Crippen molar-refractivity contribution in [2.24, 2.45) is 0 Å². The highest BCUT2D eigenvalue weighted by molar-refractivity contribution is 7.99. The second kappa shape index (κ2) is 14.4. The van der Waals surface area contributed by atoms with Gasteiger partial charge in [-0.05, 0) is 30.4 Å². The van der Waals surface area contributed by atoms with Crippen LogP contribution in [0.4, 0.5) is 13.2 Å². The fraction of sp³-hybridized carbons (Fsp3) is 0.500. The Labute approximate surface area is 100 Å². The molecule has 0 saturated heterocycles. The van der Waals surface area contributed by atoms with Gasteiger partial charge in [0.05, 0.1) is 13.9 Å². The molecule has 0 aromatic heterocycles. The van der Waals surface area contributed by atoms with Crippen LogP contribution in [0.5, 0.6) is 0 Å². The highest BCUT2D eigenvalue weighted by atomic mass is 32.2. The third kappa shape index (κ3) is 9.90. The van der Waals surface area contributed by atoms with Gasteiger partial charge >= 0.3 is 0 Å². The van der Waals surface area contributed by atoms with E-state index in [0.29, 0.717) is 7.18 Å². The number of hydrogen-bond donors (Lipinski definition) is 0. The SMILES string of the molecule is CCF.CCSc1ccc(CF)cc1.CF. The molecule has 0 unspecified atom stereocenters. The van der Waals surface area contributed by atoms with Gasteiger partial charge in [-0.1, -0.05) is 19.1 Å². The van der Waals surface area contributed by atoms with Crippen molar-refractivity contribution in [3.8, 4) is 0 Å². The molecule has 0 aliphatic heterocycles. The first-order valence-corrected chi connectivity index (χ1v) is 5.98. The molecule has 0 amide bonds. The molecule has 0 nitrogen and oxygen atoms in total. The van der Waals surface area contributed by atoms with Crippen molar-refractivity contribution >= 4 is 11.8 Å². The van der Waals surface area contributed by atoms with Gasteiger partial charge in [-0.3, -0.25) is 8.78 Å². The maximum atomic E-state index is 12.0. The van der Waals surface area contributed by atoms with E-state index < -0.39 is 0 Å². The van der Waals surface area contributed by atoms with Crippen LogP contribution in [0.2, 0.25) is 0 Å². The molecule has 1 aromatic rings. The number of benzene rings is 1. The molecule has 4 heteroatoms. The van der Waals surface area contributed by atoms with Crippen LogP contribution in [-0.2, 0) is 6.67 Å². The minimum Gasteiger partial charge on any atom is -0.255 e. The standard InChI is InChI=1S/C9H11FS.C2H5F.CH3F/c1-2-11-9-5-3-8(7-10)4-6-9;1-2-3;1-2/h3-6H,2,7H2,1H3;2H2,1H3;1H3. The third-order valence-electron chi connectivity index (χ3n) is 1.39. The van der Waals surface area contributed by atoms with Gasteiger partial charge < -0.3 is 0 Å². The Hall–Kier alpha value is -0.640. The van der Waals surface area contributed by atoms with Crippen LogP contribution in [0, 0.1) is 0 Å². The molecule has 0 radical (unpaired) electrons. The summed E-state index contributed by atoms with van der Waals surface area (Å²) >= 11 is 1.77. The fourth-order valence-corrected chi connectivity index (χ4v) is 1.50. The summed E-state index contributed by atoms with van der Waals surface area (Å²) in [7, 11) is 0.500. The van der Waals surface area contributed by atoms with Crippen molar-refractivity contribution in [2.75, 3.05) is 19.6 Å². The molecule has 1 rings (SSSR count). The lowest BCUT2D eigenvalue weighted by molar-refractivity contribution is 0.485. The van der Waals surface area contributed by atoms with E-state index >= 15 is 0 Å². The summed E-state index contributed by atoms with van der Waals surface area (Å²) < 4.78 is 31.8. The number of halogens is 3. The number of thioether (sulfide) groups is 1. The number of rotatable bonds is 3. The summed E-state index contributed by atoms with van der Waals surface area (Å²) in [6.07, 6.45) is 0. The highest BCUT2D eigenvalue weighted by Gasteiger charge is 1.92. The van der Waals surface area contributed by atoms with Gasteiger partial charge in [0.2, 0.25) is 0 Å². The van der Waals surface area contributed by atoms with Crippen LogP contribution >= 0.6 is 11.8 Å². The van der Waals surface area contributed by atoms with Gasteiger partial charge in [0, 0.05) is 4.90 Å². The minimum atomic E-state index is -0.364. The lowest BCUT2D eigenvalue weighted by Gasteiger charge is -1.98. The molecule has 1 aromatic carbocycles. The monoisotopic (exact) mass is 252 g/mol. The Balaban J connectivity index is 0. The van der Waals surface area contributed by atoms with E-state index in [1.807, 2.05) is 24.3 Å². The van der Waals surface area contributed by atoms with Crippen molar-refractivity contribution in [2.45, 2.75) is 25.4 Å². The van der Waals surface area contributed by atoms with Crippen LogP contribution in [0.15, 0.2) is 29.2 Å². The zero-order valence-electron chi connectivity index (χ0n) is 9.97. The largest absolute Gasteiger partial charge is 0.255 e. The quantitative estimate of drug-likeness (QED) is 0.694. The van der Waals surface area contributed by atoms with Crippen LogP contribution < -0.4 is 0 Å². The normalized spacial score (nSPS) is 8.38. The maximum Gasteiger partial charge on any atom is 0.115 e. The van der Waals surface area contributed by atoms with Crippen LogP contribution in [-0.4, -0.2) is 19.6 Å². The maximum absolute atomic E-state index is 12.0. The molecule has 0 aliphatic rings. The van der Waals surface area contributed by atoms with Gasteiger partial charge in [-0.2, -0.15) is 0 Å². The van der Waals surface area contributed by atoms with Gasteiger partial charge in [-0.25, -0.2) is 4.39 Å². The van der Waals surface area contributed by atoms with E-state index in [1.54, 1.807) is 11.8 Å². The first-order valence-electron chi connectivity index (χ1n) is 4.99. The summed E-state index contributed by atoms with van der Waals surface area (Å²) in [5, 5.41) is 0. The van der Waals surface area contributed by atoms with Crippen molar-refractivity contribution in [1.82, 2.24) is 0 Å². The molecule has 0 fully saturated rings. The summed E-state index contributed by atoms with van der Waals surface area (Å²) in [6, 6.07) is 7.59. The molecular formula is C12H19F3S. The lowest BCUT2D eigenvalue weighted by atomic mass is 10.2. The zero-order valence-corrected chi connectivity index (χ0v) is 10.8. The predicted octanol–water partition coefficient (Wildman–Crippen LogP) is 4.83. The summed E-state index contributed by atoms with van der Waals surface area (Å²) in [5.41, 5.74) is 0.755. The third-order valence-corrected chi connectivity index (χ3v) is 2.28. The molecule has 0 saturated carbocycles. The molecular weight excluding hydrogens is 233 g/mol. The second-order valence-electron chi connectivity index (χ2n) is 2.48. The first kappa shape index (κ1) is 17.7. The summed E-state index contributed by atoms with van der Waals surface area (Å²) in [6.45, 7) is 2.95. The van der Waals surface area contributed by atoms with Crippen LogP contribution in [0.25, 0.3) is 0 Å². The topological polar surface area (TPSA) is 0 Å². The average Bonchev–Trinajstić information content (AvgIpc) is 2.34. The Morgan fingerprint density at radius 1 is 1.00 bits per heavy atom. The van der Waals surface area contributed by atoms with E-state index in [1.165, 1.54) is 11.8 Å². The molecule has 0 bridgehead atoms. The van der Waals surface area contributed by atoms with Crippen LogP contribution in [0.3, 0.4) is 0 Å². The second-order valence-corrected chi connectivity index (χ2v) is 3.82.